The van der Waals surface area contributed by atoms with Gasteiger partial charge in [0.1, 0.15) is 0 Å². The van der Waals surface area contributed by atoms with Gasteiger partial charge in [0, 0.05) is 0 Å². The lowest BCUT2D eigenvalue weighted by Gasteiger charge is -1.49. The highest BCUT2D eigenvalue weighted by atomic mass is 32.1. The maximum atomic E-state index is 2.92. The van der Waals surface area contributed by atoms with Gasteiger partial charge in [0.05, 0.1) is 6.42 Å². The van der Waals surface area contributed by atoms with Crippen LogP contribution in [0.5, 0.6) is 0 Å². The van der Waals surface area contributed by atoms with Gasteiger partial charge in [-0.1, -0.05) is 11.1 Å². The van der Waals surface area contributed by atoms with E-state index in [9.17, 15) is 0 Å². The summed E-state index contributed by atoms with van der Waals surface area (Å²) in [7, 11) is 0. The molecular weight excluding hydrogens is 80.1 g/mol. The Morgan fingerprint density at radius 2 is 2.60 bits per heavy atom. The van der Waals surface area contributed by atoms with Crippen molar-refractivity contribution in [1.29, 1.82) is 0 Å². The molecule has 0 aromatic carbocycles. The topological polar surface area (TPSA) is 0 Å². The summed E-state index contributed by atoms with van der Waals surface area (Å²) >= 11 is 1.46. The van der Waals surface area contributed by atoms with Gasteiger partial charge in [0.15, 0.2) is 0 Å². The molecule has 0 saturated heterocycles. The Kier molecular flexibility index (Phi) is 0.624. The third-order valence-electron chi connectivity index (χ3n) is 0.356. The van der Waals surface area contributed by atoms with Crippen LogP contribution in [0, 0.1) is 16.4 Å². The molecular formula is C4H2S. The molecule has 24 valence electrons. The molecule has 0 aromatic rings. The Hall–Kier alpha value is -0.440. The Labute approximate surface area is 34.8 Å². The van der Waals surface area contributed by atoms with Gasteiger partial charge in [-0.25, -0.2) is 0 Å². The summed E-state index contributed by atoms with van der Waals surface area (Å²) in [6.07, 6.45) is 0.852. The molecule has 0 amide bonds. The molecule has 5 heavy (non-hydrogen) atoms. The van der Waals surface area contributed by atoms with E-state index in [4.69, 9.17) is 0 Å². The molecule has 0 unspecified atom stereocenters. The first-order valence-electron chi connectivity index (χ1n) is 1.37. The Balaban J connectivity index is 2.94. The predicted octanol–water partition coefficient (Wildman–Crippen LogP) is 1.04. The van der Waals surface area contributed by atoms with Crippen molar-refractivity contribution in [3.8, 4) is 16.4 Å². The molecule has 0 fully saturated rings. The Bertz CT molecular complexity index is 119. The van der Waals surface area contributed by atoms with Crippen LogP contribution in [0.3, 0.4) is 0 Å². The maximum absolute atomic E-state index is 2.92. The van der Waals surface area contributed by atoms with E-state index in [1.807, 2.05) is 0 Å². The van der Waals surface area contributed by atoms with E-state index in [0.29, 0.717) is 0 Å². The number of hydrogen-bond acceptors (Lipinski definition) is 0. The molecule has 0 spiro atoms. The van der Waals surface area contributed by atoms with E-state index in [0.717, 1.165) is 6.42 Å². The number of hydrogen-bond donors (Lipinski definition) is 0. The first-order valence-corrected chi connectivity index (χ1v) is 2.18. The van der Waals surface area contributed by atoms with Crippen LogP contribution < -0.4 is 0 Å². The van der Waals surface area contributed by atoms with Crippen molar-refractivity contribution in [2.75, 3.05) is 0 Å². The van der Waals surface area contributed by atoms with E-state index in [-0.39, 0.29) is 0 Å². The van der Waals surface area contributed by atoms with Crippen LogP contribution >= 0.6 is 11.2 Å². The fourth-order valence-corrected chi connectivity index (χ4v) is 0.541. The molecule has 0 bridgehead atoms. The molecule has 0 nitrogen and oxygen atoms in total. The first-order chi connectivity index (χ1) is 2.50. The van der Waals surface area contributed by atoms with E-state index in [1.54, 1.807) is 0 Å². The normalized spacial score (nSPS) is 12.8. The average molecular weight is 82.1 g/mol. The first kappa shape index (κ1) is 2.78. The molecule has 0 saturated carbocycles. The third-order valence-corrected chi connectivity index (χ3v) is 0.891. The second-order valence-corrected chi connectivity index (χ2v) is 1.40. The minimum atomic E-state index is 0.852. The smallest absolute Gasteiger partial charge is 0.0734 e. The van der Waals surface area contributed by atoms with Gasteiger partial charge in [0.2, 0.25) is 0 Å². The molecule has 0 N–H and O–H groups in total. The van der Waals surface area contributed by atoms with Crippen molar-refractivity contribution < 1.29 is 0 Å². The summed E-state index contributed by atoms with van der Waals surface area (Å²) in [6, 6.07) is 0. The quantitative estimate of drug-likeness (QED) is 0.383. The van der Waals surface area contributed by atoms with Crippen molar-refractivity contribution in [3.63, 3.8) is 0 Å². The van der Waals surface area contributed by atoms with E-state index < -0.39 is 0 Å². The van der Waals surface area contributed by atoms with Gasteiger partial charge in [0.25, 0.3) is 0 Å². The van der Waals surface area contributed by atoms with E-state index in [2.05, 4.69) is 16.4 Å². The van der Waals surface area contributed by atoms with Gasteiger partial charge in [-0.3, -0.25) is 0 Å². The second kappa shape index (κ2) is 1.12. The number of rotatable bonds is 0. The summed E-state index contributed by atoms with van der Waals surface area (Å²) in [4.78, 5) is 0. The standard InChI is InChI=1S/C4H2S/c1-2-4-5-3-1/h1H2. The predicted molar refractivity (Wildman–Crippen MR) is 23.9 cm³/mol. The second-order valence-electron chi connectivity index (χ2n) is 0.702. The van der Waals surface area contributed by atoms with Crippen LogP contribution in [0.25, 0.3) is 0 Å². The molecule has 1 heterocycles. The highest BCUT2D eigenvalue weighted by molar-refractivity contribution is 7.93. The van der Waals surface area contributed by atoms with Gasteiger partial charge in [-0.15, -0.1) is 0 Å². The minimum absolute atomic E-state index is 0.852. The van der Waals surface area contributed by atoms with Crippen LogP contribution in [0.4, 0.5) is 0 Å². The third kappa shape index (κ3) is 0.417. The van der Waals surface area contributed by atoms with E-state index in [1.165, 1.54) is 11.2 Å². The summed E-state index contributed by atoms with van der Waals surface area (Å²) in [5.74, 6) is 2.82. The lowest BCUT2D eigenvalue weighted by atomic mass is 10.5. The summed E-state index contributed by atoms with van der Waals surface area (Å²) in [5.41, 5.74) is 0. The van der Waals surface area contributed by atoms with Crippen LogP contribution in [0.1, 0.15) is 6.42 Å². The van der Waals surface area contributed by atoms with Gasteiger partial charge in [-0.2, -0.15) is 0 Å². The van der Waals surface area contributed by atoms with E-state index >= 15 is 0 Å². The van der Waals surface area contributed by atoms with Crippen molar-refractivity contribution in [2.24, 2.45) is 0 Å². The zero-order chi connectivity index (χ0) is 3.54. The molecule has 0 radical (unpaired) electrons. The molecule has 0 atom stereocenters. The zero-order valence-electron chi connectivity index (χ0n) is 2.62. The van der Waals surface area contributed by atoms with Crippen LogP contribution in [0.15, 0.2) is 0 Å². The SMILES string of the molecule is C1#CS#CC1. The fourth-order valence-electron chi connectivity index (χ4n) is 0.180. The molecule has 1 aliphatic heterocycles. The van der Waals surface area contributed by atoms with Gasteiger partial charge >= 0.3 is 0 Å². The van der Waals surface area contributed by atoms with Crippen molar-refractivity contribution >= 4 is 11.2 Å². The summed E-state index contributed by atoms with van der Waals surface area (Å²) < 4.78 is 0. The lowest BCUT2D eigenvalue weighted by molar-refractivity contribution is 1.60. The molecule has 1 heteroatoms. The van der Waals surface area contributed by atoms with Gasteiger partial charge in [-0.05, 0) is 16.4 Å². The zero-order valence-corrected chi connectivity index (χ0v) is 3.43. The summed E-state index contributed by atoms with van der Waals surface area (Å²) in [6.45, 7) is 0. The molecule has 1 aliphatic rings. The highest BCUT2D eigenvalue weighted by Gasteiger charge is 1.67. The molecule has 0 aromatic heterocycles. The van der Waals surface area contributed by atoms with Gasteiger partial charge < -0.3 is 0 Å². The lowest BCUT2D eigenvalue weighted by Crippen LogP contribution is -1.41. The molecule has 0 aliphatic carbocycles. The fraction of sp³-hybridized carbons (Fsp3) is 0.250. The Morgan fingerprint density at radius 3 is 2.80 bits per heavy atom. The molecule has 1 rings (SSSR count). The highest BCUT2D eigenvalue weighted by Crippen LogP contribution is 1.86. The minimum Gasteiger partial charge on any atom is -0.0734 e. The van der Waals surface area contributed by atoms with Crippen molar-refractivity contribution in [1.82, 2.24) is 0 Å². The average Bonchev–Trinajstić information content (AvgIpc) is 1.76. The monoisotopic (exact) mass is 82.0 g/mol. The van der Waals surface area contributed by atoms with Crippen LogP contribution in [-0.2, 0) is 0 Å². The Morgan fingerprint density at radius 1 is 1.60 bits per heavy atom. The maximum Gasteiger partial charge on any atom is 0.0746 e. The van der Waals surface area contributed by atoms with Crippen LogP contribution in [-0.4, -0.2) is 0 Å². The van der Waals surface area contributed by atoms with Crippen molar-refractivity contribution in [2.45, 2.75) is 6.42 Å². The largest absolute Gasteiger partial charge is 0.0746 e. The van der Waals surface area contributed by atoms with Crippen molar-refractivity contribution in [3.05, 3.63) is 0 Å². The summed E-state index contributed by atoms with van der Waals surface area (Å²) in [5, 5.41) is 5.69. The van der Waals surface area contributed by atoms with Crippen LogP contribution in [0.2, 0.25) is 0 Å².